The number of hydrogen-bond donors (Lipinski definition) is 1. The fraction of sp³-hybridized carbons (Fsp3) is 0.458. The van der Waals surface area contributed by atoms with Gasteiger partial charge in [-0.25, -0.2) is 0 Å². The van der Waals surface area contributed by atoms with Crippen LogP contribution in [0.25, 0.3) is 0 Å². The predicted molar refractivity (Wildman–Crippen MR) is 119 cm³/mol. The van der Waals surface area contributed by atoms with Crippen LogP contribution in [0.3, 0.4) is 0 Å². The van der Waals surface area contributed by atoms with Gasteiger partial charge in [-0.1, -0.05) is 38.5 Å². The van der Waals surface area contributed by atoms with E-state index in [4.69, 9.17) is 9.15 Å². The topological polar surface area (TPSA) is 92.1 Å². The van der Waals surface area contributed by atoms with Crippen molar-refractivity contribution in [3.05, 3.63) is 54.5 Å². The van der Waals surface area contributed by atoms with Gasteiger partial charge >= 0.3 is 0 Å². The van der Waals surface area contributed by atoms with Crippen LogP contribution < -0.4 is 10.1 Å². The lowest BCUT2D eigenvalue weighted by atomic mass is 9.97. The number of hydrogen-bond acceptors (Lipinski definition) is 5. The second kappa shape index (κ2) is 10.8. The van der Waals surface area contributed by atoms with E-state index in [1.165, 1.54) is 6.26 Å². The maximum atomic E-state index is 13.3. The SMILES string of the molecule is CCC(C)C(NC(=O)COc1ccccc1)C(=O)N1CCN(C(=O)c2ccco2)C(C)C1. The highest BCUT2D eigenvalue weighted by Crippen LogP contribution is 2.18. The van der Waals surface area contributed by atoms with Gasteiger partial charge in [0.25, 0.3) is 11.8 Å². The monoisotopic (exact) mass is 441 g/mol. The Balaban J connectivity index is 1.59. The molecule has 172 valence electrons. The van der Waals surface area contributed by atoms with Crippen molar-refractivity contribution in [3.63, 3.8) is 0 Å². The number of piperazine rings is 1. The Morgan fingerprint density at radius 3 is 2.53 bits per heavy atom. The molecule has 8 heteroatoms. The van der Waals surface area contributed by atoms with Gasteiger partial charge in [0.1, 0.15) is 11.8 Å². The van der Waals surface area contributed by atoms with Gasteiger partial charge in [-0.2, -0.15) is 0 Å². The lowest BCUT2D eigenvalue weighted by Crippen LogP contribution is -2.60. The number of nitrogens with one attached hydrogen (secondary N) is 1. The van der Waals surface area contributed by atoms with E-state index in [0.29, 0.717) is 31.1 Å². The van der Waals surface area contributed by atoms with Crippen LogP contribution in [0.1, 0.15) is 37.7 Å². The molecule has 0 bridgehead atoms. The average Bonchev–Trinajstić information content (AvgIpc) is 3.35. The Bertz CT molecular complexity index is 900. The first-order valence-electron chi connectivity index (χ1n) is 11.0. The summed E-state index contributed by atoms with van der Waals surface area (Å²) in [6, 6.07) is 11.6. The Morgan fingerprint density at radius 1 is 1.16 bits per heavy atom. The summed E-state index contributed by atoms with van der Waals surface area (Å²) in [5, 5.41) is 2.86. The summed E-state index contributed by atoms with van der Waals surface area (Å²) in [6.07, 6.45) is 2.21. The third-order valence-corrected chi connectivity index (χ3v) is 5.84. The van der Waals surface area contributed by atoms with Crippen molar-refractivity contribution in [2.24, 2.45) is 5.92 Å². The second-order valence-corrected chi connectivity index (χ2v) is 8.14. The summed E-state index contributed by atoms with van der Waals surface area (Å²) in [6.45, 7) is 6.89. The zero-order valence-corrected chi connectivity index (χ0v) is 18.8. The van der Waals surface area contributed by atoms with E-state index in [0.717, 1.165) is 6.42 Å². The zero-order valence-electron chi connectivity index (χ0n) is 18.8. The van der Waals surface area contributed by atoms with E-state index in [1.807, 2.05) is 39.0 Å². The van der Waals surface area contributed by atoms with Gasteiger partial charge in [-0.05, 0) is 37.1 Å². The first-order chi connectivity index (χ1) is 15.4. The molecule has 1 N–H and O–H groups in total. The van der Waals surface area contributed by atoms with Gasteiger partial charge in [0.15, 0.2) is 12.4 Å². The van der Waals surface area contributed by atoms with Crippen LogP contribution in [0.4, 0.5) is 0 Å². The molecule has 1 saturated heterocycles. The van der Waals surface area contributed by atoms with E-state index < -0.39 is 6.04 Å². The van der Waals surface area contributed by atoms with Crippen molar-refractivity contribution in [3.8, 4) is 5.75 Å². The van der Waals surface area contributed by atoms with Crippen LogP contribution in [-0.4, -0.2) is 65.8 Å². The molecular weight excluding hydrogens is 410 g/mol. The minimum Gasteiger partial charge on any atom is -0.484 e. The molecule has 3 atom stereocenters. The minimum absolute atomic E-state index is 0.0405. The molecule has 0 radical (unpaired) electrons. The van der Waals surface area contributed by atoms with Gasteiger partial charge in [-0.3, -0.25) is 14.4 Å². The van der Waals surface area contributed by atoms with E-state index in [1.54, 1.807) is 34.1 Å². The molecule has 1 aromatic carbocycles. The summed E-state index contributed by atoms with van der Waals surface area (Å²) in [7, 11) is 0. The molecule has 3 amide bonds. The highest BCUT2D eigenvalue weighted by molar-refractivity contribution is 5.92. The summed E-state index contributed by atoms with van der Waals surface area (Å²) < 4.78 is 10.7. The molecular formula is C24H31N3O5. The first-order valence-corrected chi connectivity index (χ1v) is 11.0. The summed E-state index contributed by atoms with van der Waals surface area (Å²) >= 11 is 0. The number of nitrogens with zero attached hydrogens (tertiary/aromatic N) is 2. The van der Waals surface area contributed by atoms with Crippen molar-refractivity contribution in [2.45, 2.75) is 39.3 Å². The lowest BCUT2D eigenvalue weighted by Gasteiger charge is -2.41. The fourth-order valence-corrected chi connectivity index (χ4v) is 3.76. The fourth-order valence-electron chi connectivity index (χ4n) is 3.76. The molecule has 2 heterocycles. The third kappa shape index (κ3) is 5.69. The number of amides is 3. The normalized spacial score (nSPS) is 18.0. The van der Waals surface area contributed by atoms with Gasteiger partial charge < -0.3 is 24.3 Å². The largest absolute Gasteiger partial charge is 0.484 e. The Morgan fingerprint density at radius 2 is 1.91 bits per heavy atom. The zero-order chi connectivity index (χ0) is 23.1. The van der Waals surface area contributed by atoms with Crippen LogP contribution in [0.5, 0.6) is 5.75 Å². The van der Waals surface area contributed by atoms with E-state index in [9.17, 15) is 14.4 Å². The number of para-hydroxylation sites is 1. The maximum Gasteiger partial charge on any atom is 0.289 e. The Labute approximate surface area is 188 Å². The third-order valence-electron chi connectivity index (χ3n) is 5.84. The molecule has 3 rings (SSSR count). The van der Waals surface area contributed by atoms with Gasteiger partial charge in [0.05, 0.1) is 6.26 Å². The lowest BCUT2D eigenvalue weighted by molar-refractivity contribution is -0.140. The highest BCUT2D eigenvalue weighted by Gasteiger charge is 2.36. The number of benzene rings is 1. The van der Waals surface area contributed by atoms with Crippen molar-refractivity contribution in [1.82, 2.24) is 15.1 Å². The maximum absolute atomic E-state index is 13.3. The molecule has 3 unspecified atom stereocenters. The molecule has 1 aliphatic heterocycles. The minimum atomic E-state index is -0.647. The van der Waals surface area contributed by atoms with Crippen LogP contribution in [-0.2, 0) is 9.59 Å². The number of carbonyl (C=O) groups is 3. The van der Waals surface area contributed by atoms with Crippen LogP contribution in [0, 0.1) is 5.92 Å². The average molecular weight is 442 g/mol. The van der Waals surface area contributed by atoms with Crippen LogP contribution in [0.2, 0.25) is 0 Å². The first kappa shape index (κ1) is 23.4. The van der Waals surface area contributed by atoms with E-state index >= 15 is 0 Å². The Hall–Kier alpha value is -3.29. The molecule has 1 aromatic heterocycles. The molecule has 1 aliphatic rings. The molecule has 0 saturated carbocycles. The van der Waals surface area contributed by atoms with Crippen molar-refractivity contribution < 1.29 is 23.5 Å². The van der Waals surface area contributed by atoms with E-state index in [2.05, 4.69) is 5.32 Å². The molecule has 32 heavy (non-hydrogen) atoms. The smallest absolute Gasteiger partial charge is 0.289 e. The quantitative estimate of drug-likeness (QED) is 0.680. The standard InChI is InChI=1S/C24H31N3O5/c1-4-17(2)22(25-21(28)16-32-19-9-6-5-7-10-19)24(30)26-12-13-27(18(3)15-26)23(29)20-11-8-14-31-20/h5-11,14,17-18,22H,4,12-13,15-16H2,1-3H3,(H,25,28). The predicted octanol–water partition coefficient (Wildman–Crippen LogP) is 2.56. The van der Waals surface area contributed by atoms with Crippen molar-refractivity contribution in [2.75, 3.05) is 26.2 Å². The molecule has 8 nitrogen and oxygen atoms in total. The molecule has 0 aliphatic carbocycles. The number of carbonyl (C=O) groups excluding carboxylic acids is 3. The van der Waals surface area contributed by atoms with Crippen molar-refractivity contribution >= 4 is 17.7 Å². The second-order valence-electron chi connectivity index (χ2n) is 8.14. The molecule has 2 aromatic rings. The van der Waals surface area contributed by atoms with E-state index in [-0.39, 0.29) is 36.3 Å². The molecule has 0 spiro atoms. The van der Waals surface area contributed by atoms with Crippen LogP contribution >= 0.6 is 0 Å². The Kier molecular flexibility index (Phi) is 7.92. The summed E-state index contributed by atoms with van der Waals surface area (Å²) in [4.78, 5) is 41.9. The number of ether oxygens (including phenoxy) is 1. The van der Waals surface area contributed by atoms with Gasteiger partial charge in [0.2, 0.25) is 5.91 Å². The number of furan rings is 1. The highest BCUT2D eigenvalue weighted by atomic mass is 16.5. The summed E-state index contributed by atoms with van der Waals surface area (Å²) in [5.41, 5.74) is 0. The van der Waals surface area contributed by atoms with Crippen LogP contribution in [0.15, 0.2) is 53.1 Å². The number of rotatable bonds is 8. The molecule has 1 fully saturated rings. The van der Waals surface area contributed by atoms with Gasteiger partial charge in [0, 0.05) is 25.7 Å². The van der Waals surface area contributed by atoms with Crippen molar-refractivity contribution in [1.29, 1.82) is 0 Å². The van der Waals surface area contributed by atoms with Gasteiger partial charge in [-0.15, -0.1) is 0 Å². The summed E-state index contributed by atoms with van der Waals surface area (Å²) in [5.74, 6) is 0.192.